The number of carbonyl (C=O) groups is 1. The lowest BCUT2D eigenvalue weighted by atomic mass is 10.0. The number of alkyl halides is 3. The summed E-state index contributed by atoms with van der Waals surface area (Å²) in [4.78, 5) is 21.2. The second kappa shape index (κ2) is 6.09. The number of nitrogens with zero attached hydrogens (tertiary/aromatic N) is 3. The highest BCUT2D eigenvalue weighted by molar-refractivity contribution is 6.30. The molecule has 0 atom stereocenters. The van der Waals surface area contributed by atoms with Crippen molar-refractivity contribution in [1.29, 1.82) is 0 Å². The van der Waals surface area contributed by atoms with Crippen LogP contribution in [-0.2, 0) is 0 Å². The summed E-state index contributed by atoms with van der Waals surface area (Å²) in [5.41, 5.74) is 2.19. The van der Waals surface area contributed by atoms with Gasteiger partial charge in [0.15, 0.2) is 0 Å². The lowest BCUT2D eigenvalue weighted by Crippen LogP contribution is -2.34. The molecule has 0 unspecified atom stereocenters. The number of pyridine rings is 1. The average Bonchev–Trinajstić information content (AvgIpc) is 2.86. The summed E-state index contributed by atoms with van der Waals surface area (Å²) in [5.74, 6) is -0.607. The fourth-order valence-electron chi connectivity index (χ4n) is 3.37. The fourth-order valence-corrected chi connectivity index (χ4v) is 3.37. The Balaban J connectivity index is 1.90. The number of ether oxygens (including phenoxy) is 1. The molecule has 0 aliphatic carbocycles. The summed E-state index contributed by atoms with van der Waals surface area (Å²) in [5, 5.41) is 1.02. The van der Waals surface area contributed by atoms with Gasteiger partial charge in [0, 0.05) is 23.9 Å². The van der Waals surface area contributed by atoms with E-state index in [1.54, 1.807) is 11.0 Å². The number of benzene rings is 2. The smallest absolute Gasteiger partial charge is 0.406 e. The third kappa shape index (κ3) is 3.06. The van der Waals surface area contributed by atoms with Crippen molar-refractivity contribution in [1.82, 2.24) is 9.88 Å². The molecule has 0 radical (unpaired) electrons. The molecule has 1 aromatic heterocycles. The molecule has 0 N–H and O–H groups in total. The summed E-state index contributed by atoms with van der Waals surface area (Å²) in [6, 6.07) is 9.32. The number of fused-ring (bicyclic) bond motifs is 2. The number of amides is 1. The van der Waals surface area contributed by atoms with Gasteiger partial charge in [0.2, 0.25) is 0 Å². The fraction of sp³-hybridized carbons (Fsp3) is 0.263. The lowest BCUT2D eigenvalue weighted by molar-refractivity contribution is -0.274. The maximum absolute atomic E-state index is 13.1. The highest BCUT2D eigenvalue weighted by atomic mass is 19.4. The van der Waals surface area contributed by atoms with E-state index >= 15 is 0 Å². The minimum absolute atomic E-state index is 0.236. The van der Waals surface area contributed by atoms with E-state index in [1.807, 2.05) is 31.1 Å². The third-order valence-electron chi connectivity index (χ3n) is 4.50. The highest BCUT2D eigenvalue weighted by Crippen LogP contribution is 2.41. The monoisotopic (exact) mass is 375 g/mol. The van der Waals surface area contributed by atoms with Gasteiger partial charge in [-0.1, -0.05) is 6.07 Å². The summed E-state index contributed by atoms with van der Waals surface area (Å²) < 4.78 is 41.8. The molecule has 5 nitrogen and oxygen atoms in total. The van der Waals surface area contributed by atoms with Crippen molar-refractivity contribution < 1.29 is 22.7 Å². The van der Waals surface area contributed by atoms with Crippen LogP contribution in [0.2, 0.25) is 0 Å². The predicted octanol–water partition coefficient (Wildman–Crippen LogP) is 3.81. The maximum atomic E-state index is 13.1. The number of aromatic nitrogens is 1. The van der Waals surface area contributed by atoms with Crippen molar-refractivity contribution in [2.24, 2.45) is 0 Å². The van der Waals surface area contributed by atoms with Crippen LogP contribution >= 0.6 is 0 Å². The topological polar surface area (TPSA) is 45.7 Å². The van der Waals surface area contributed by atoms with Crippen LogP contribution in [0.4, 0.5) is 18.9 Å². The quantitative estimate of drug-likeness (QED) is 0.651. The van der Waals surface area contributed by atoms with Crippen LogP contribution in [0, 0.1) is 0 Å². The normalized spacial score (nSPS) is 14.0. The van der Waals surface area contributed by atoms with Gasteiger partial charge >= 0.3 is 6.36 Å². The van der Waals surface area contributed by atoms with Crippen LogP contribution in [0.25, 0.3) is 21.8 Å². The van der Waals surface area contributed by atoms with Crippen molar-refractivity contribution in [2.75, 3.05) is 32.1 Å². The molecule has 1 aliphatic heterocycles. The van der Waals surface area contributed by atoms with Crippen molar-refractivity contribution in [3.63, 3.8) is 0 Å². The number of hydrogen-bond acceptors (Lipinski definition) is 4. The molecule has 0 saturated heterocycles. The first kappa shape index (κ1) is 17.5. The number of anilines is 1. The average molecular weight is 375 g/mol. The Labute approximate surface area is 152 Å². The SMILES string of the molecule is CN(C)CCN1C(=O)c2c3cc(OC(F)(F)F)ccc3nc3cccc1c23. The molecule has 140 valence electrons. The summed E-state index contributed by atoms with van der Waals surface area (Å²) in [6.45, 7) is 1.13. The van der Waals surface area contributed by atoms with Gasteiger partial charge in [0.1, 0.15) is 5.75 Å². The molecule has 3 aromatic rings. The van der Waals surface area contributed by atoms with Gasteiger partial charge in [-0.2, -0.15) is 0 Å². The van der Waals surface area contributed by atoms with E-state index in [0.29, 0.717) is 40.5 Å². The molecular weight excluding hydrogens is 359 g/mol. The van der Waals surface area contributed by atoms with Gasteiger partial charge in [-0.3, -0.25) is 4.79 Å². The van der Waals surface area contributed by atoms with Gasteiger partial charge in [-0.05, 0) is 44.4 Å². The zero-order chi connectivity index (χ0) is 19.3. The van der Waals surface area contributed by atoms with Crippen molar-refractivity contribution in [2.45, 2.75) is 6.36 Å². The number of rotatable bonds is 4. The molecule has 0 fully saturated rings. The number of halogens is 3. The minimum atomic E-state index is -4.80. The number of likely N-dealkylation sites (N-methyl/N-ethyl adjacent to an activating group) is 1. The Hall–Kier alpha value is -2.87. The molecule has 2 heterocycles. The van der Waals surface area contributed by atoms with E-state index in [0.717, 1.165) is 5.69 Å². The Morgan fingerprint density at radius 2 is 1.93 bits per heavy atom. The Bertz CT molecular complexity index is 1060. The van der Waals surface area contributed by atoms with Crippen molar-refractivity contribution in [3.8, 4) is 5.75 Å². The zero-order valence-electron chi connectivity index (χ0n) is 14.7. The summed E-state index contributed by atoms with van der Waals surface area (Å²) >= 11 is 0. The highest BCUT2D eigenvalue weighted by Gasteiger charge is 2.34. The van der Waals surface area contributed by atoms with Gasteiger partial charge in [-0.15, -0.1) is 13.2 Å². The first-order valence-corrected chi connectivity index (χ1v) is 8.33. The molecule has 2 aromatic carbocycles. The van der Waals surface area contributed by atoms with Crippen LogP contribution in [0.1, 0.15) is 10.4 Å². The second-order valence-corrected chi connectivity index (χ2v) is 6.64. The van der Waals surface area contributed by atoms with E-state index < -0.39 is 6.36 Å². The van der Waals surface area contributed by atoms with Crippen LogP contribution in [0.3, 0.4) is 0 Å². The lowest BCUT2D eigenvalue weighted by Gasteiger charge is -2.20. The molecule has 1 aliphatic rings. The zero-order valence-corrected chi connectivity index (χ0v) is 14.7. The van der Waals surface area contributed by atoms with Gasteiger partial charge in [0.05, 0.1) is 22.3 Å². The van der Waals surface area contributed by atoms with E-state index in [4.69, 9.17) is 0 Å². The molecule has 8 heteroatoms. The first-order chi connectivity index (χ1) is 12.7. The molecule has 0 saturated carbocycles. The van der Waals surface area contributed by atoms with E-state index in [2.05, 4.69) is 9.72 Å². The standard InChI is InChI=1S/C19H16F3N3O2/c1-24(2)8-9-25-15-5-3-4-14-17(15)16(18(25)26)12-10-11(27-19(20,21)22)6-7-13(12)23-14/h3-7,10H,8-9H2,1-2H3. The van der Waals surface area contributed by atoms with Crippen LogP contribution in [-0.4, -0.2) is 49.3 Å². The second-order valence-electron chi connectivity index (χ2n) is 6.64. The van der Waals surface area contributed by atoms with Gasteiger partial charge in [-0.25, -0.2) is 4.98 Å². The van der Waals surface area contributed by atoms with E-state index in [1.165, 1.54) is 18.2 Å². The molecule has 4 rings (SSSR count). The van der Waals surface area contributed by atoms with Crippen LogP contribution in [0.5, 0.6) is 5.75 Å². The third-order valence-corrected chi connectivity index (χ3v) is 4.50. The predicted molar refractivity (Wildman–Crippen MR) is 96.2 cm³/mol. The molecule has 27 heavy (non-hydrogen) atoms. The summed E-state index contributed by atoms with van der Waals surface area (Å²) in [6.07, 6.45) is -4.80. The van der Waals surface area contributed by atoms with Gasteiger partial charge in [0.25, 0.3) is 5.91 Å². The maximum Gasteiger partial charge on any atom is 0.573 e. The summed E-state index contributed by atoms with van der Waals surface area (Å²) in [7, 11) is 3.82. The minimum Gasteiger partial charge on any atom is -0.406 e. The molecule has 0 spiro atoms. The van der Waals surface area contributed by atoms with Crippen LogP contribution < -0.4 is 9.64 Å². The largest absolute Gasteiger partial charge is 0.573 e. The molecule has 0 bridgehead atoms. The molecular formula is C19H16F3N3O2. The van der Waals surface area contributed by atoms with Crippen molar-refractivity contribution >= 4 is 33.4 Å². The van der Waals surface area contributed by atoms with E-state index in [-0.39, 0.29) is 11.7 Å². The Kier molecular flexibility index (Phi) is 3.96. The Morgan fingerprint density at radius 1 is 1.15 bits per heavy atom. The number of hydrogen-bond donors (Lipinski definition) is 0. The number of carbonyl (C=O) groups excluding carboxylic acids is 1. The van der Waals surface area contributed by atoms with E-state index in [9.17, 15) is 18.0 Å². The van der Waals surface area contributed by atoms with Crippen LogP contribution in [0.15, 0.2) is 36.4 Å². The van der Waals surface area contributed by atoms with Gasteiger partial charge < -0.3 is 14.5 Å². The van der Waals surface area contributed by atoms with Crippen molar-refractivity contribution in [3.05, 3.63) is 42.0 Å². The molecule has 1 amide bonds. The first-order valence-electron chi connectivity index (χ1n) is 8.33. The Morgan fingerprint density at radius 3 is 2.63 bits per heavy atom.